The molecular weight excluding hydrogens is 254 g/mol. The Morgan fingerprint density at radius 2 is 1.71 bits per heavy atom. The standard InChI is InChI=1S/C20H31N/c1-4-12-21-20(18-10-8-6-5-7-9-11-18)19-14-16(2)13-17(3)15-19/h10,13-15,20-21H,4-9,11-12H2,1-3H3/b18-10+. The second-order valence-electron chi connectivity index (χ2n) is 6.54. The van der Waals surface area contributed by atoms with Crippen molar-refractivity contribution in [3.05, 3.63) is 46.5 Å². The van der Waals surface area contributed by atoms with Crippen molar-refractivity contribution < 1.29 is 0 Å². The minimum absolute atomic E-state index is 0.418. The lowest BCUT2D eigenvalue weighted by Crippen LogP contribution is -2.24. The molecule has 21 heavy (non-hydrogen) atoms. The van der Waals surface area contributed by atoms with Crippen LogP contribution in [0.2, 0.25) is 0 Å². The van der Waals surface area contributed by atoms with Gasteiger partial charge in [-0.15, -0.1) is 0 Å². The first-order valence-corrected chi connectivity index (χ1v) is 8.71. The number of hydrogen-bond acceptors (Lipinski definition) is 1. The van der Waals surface area contributed by atoms with E-state index in [0.29, 0.717) is 6.04 Å². The second-order valence-corrected chi connectivity index (χ2v) is 6.54. The maximum atomic E-state index is 3.79. The van der Waals surface area contributed by atoms with Gasteiger partial charge in [-0.2, -0.15) is 0 Å². The minimum Gasteiger partial charge on any atom is -0.307 e. The predicted octanol–water partition coefficient (Wildman–Crippen LogP) is 5.62. The molecule has 1 nitrogen and oxygen atoms in total. The fourth-order valence-corrected chi connectivity index (χ4v) is 3.41. The van der Waals surface area contributed by atoms with Gasteiger partial charge in [0.05, 0.1) is 6.04 Å². The van der Waals surface area contributed by atoms with Crippen molar-refractivity contribution in [3.8, 4) is 0 Å². The average Bonchev–Trinajstić information content (AvgIpc) is 2.39. The van der Waals surface area contributed by atoms with Gasteiger partial charge in [-0.05, 0) is 58.1 Å². The summed E-state index contributed by atoms with van der Waals surface area (Å²) in [7, 11) is 0. The van der Waals surface area contributed by atoms with E-state index in [2.05, 4.69) is 50.4 Å². The summed E-state index contributed by atoms with van der Waals surface area (Å²) in [5.74, 6) is 0. The summed E-state index contributed by atoms with van der Waals surface area (Å²) in [4.78, 5) is 0. The predicted molar refractivity (Wildman–Crippen MR) is 92.7 cm³/mol. The van der Waals surface area contributed by atoms with Crippen LogP contribution in [0.3, 0.4) is 0 Å². The van der Waals surface area contributed by atoms with Crippen molar-refractivity contribution in [2.75, 3.05) is 6.54 Å². The van der Waals surface area contributed by atoms with E-state index in [4.69, 9.17) is 0 Å². The molecule has 0 bridgehead atoms. The molecule has 0 aliphatic heterocycles. The molecule has 1 aromatic carbocycles. The molecule has 1 atom stereocenters. The van der Waals surface area contributed by atoms with Gasteiger partial charge in [0.15, 0.2) is 0 Å². The zero-order valence-corrected chi connectivity index (χ0v) is 14.0. The van der Waals surface area contributed by atoms with Crippen molar-refractivity contribution in [2.45, 2.75) is 71.8 Å². The van der Waals surface area contributed by atoms with E-state index >= 15 is 0 Å². The van der Waals surface area contributed by atoms with E-state index in [1.54, 1.807) is 5.57 Å². The van der Waals surface area contributed by atoms with E-state index in [1.165, 1.54) is 61.6 Å². The lowest BCUT2D eigenvalue weighted by Gasteiger charge is -2.25. The first-order valence-electron chi connectivity index (χ1n) is 8.71. The van der Waals surface area contributed by atoms with Crippen molar-refractivity contribution in [3.63, 3.8) is 0 Å². The number of rotatable bonds is 5. The molecule has 0 fully saturated rings. The van der Waals surface area contributed by atoms with Crippen LogP contribution in [0, 0.1) is 13.8 Å². The van der Waals surface area contributed by atoms with Crippen LogP contribution in [0.15, 0.2) is 29.8 Å². The summed E-state index contributed by atoms with van der Waals surface area (Å²) in [5, 5.41) is 3.79. The third kappa shape index (κ3) is 5.00. The summed E-state index contributed by atoms with van der Waals surface area (Å²) in [6.07, 6.45) is 11.7. The Labute approximate surface area is 130 Å². The number of aryl methyl sites for hydroxylation is 2. The van der Waals surface area contributed by atoms with Gasteiger partial charge in [-0.25, -0.2) is 0 Å². The average molecular weight is 285 g/mol. The molecule has 1 aliphatic carbocycles. The zero-order chi connectivity index (χ0) is 15.1. The first kappa shape index (κ1) is 16.3. The van der Waals surface area contributed by atoms with Crippen LogP contribution >= 0.6 is 0 Å². The smallest absolute Gasteiger partial charge is 0.0536 e. The van der Waals surface area contributed by atoms with E-state index in [1.807, 2.05) is 0 Å². The van der Waals surface area contributed by atoms with Gasteiger partial charge in [-0.1, -0.05) is 60.7 Å². The Balaban J connectivity index is 2.27. The lowest BCUT2D eigenvalue weighted by molar-refractivity contribution is 0.540. The fourth-order valence-electron chi connectivity index (χ4n) is 3.41. The molecule has 0 saturated heterocycles. The third-order valence-electron chi connectivity index (χ3n) is 4.37. The van der Waals surface area contributed by atoms with E-state index < -0.39 is 0 Å². The van der Waals surface area contributed by atoms with Crippen LogP contribution in [-0.4, -0.2) is 6.54 Å². The molecule has 2 rings (SSSR count). The minimum atomic E-state index is 0.418. The van der Waals surface area contributed by atoms with Gasteiger partial charge in [0.2, 0.25) is 0 Å². The number of hydrogen-bond donors (Lipinski definition) is 1. The van der Waals surface area contributed by atoms with Crippen LogP contribution in [0.1, 0.15) is 74.6 Å². The highest BCUT2D eigenvalue weighted by molar-refractivity contribution is 5.35. The van der Waals surface area contributed by atoms with Gasteiger partial charge in [0, 0.05) is 0 Å². The zero-order valence-electron chi connectivity index (χ0n) is 14.0. The molecular formula is C20H31N. The molecule has 0 spiro atoms. The maximum Gasteiger partial charge on any atom is 0.0536 e. The Kier molecular flexibility index (Phi) is 6.50. The molecule has 1 aromatic rings. The van der Waals surface area contributed by atoms with Crippen LogP contribution in [0.5, 0.6) is 0 Å². The van der Waals surface area contributed by atoms with Crippen molar-refractivity contribution in [1.29, 1.82) is 0 Å². The molecule has 1 aliphatic rings. The van der Waals surface area contributed by atoms with Crippen LogP contribution in [-0.2, 0) is 0 Å². The molecule has 0 heterocycles. The first-order chi connectivity index (χ1) is 10.2. The molecule has 0 aromatic heterocycles. The van der Waals surface area contributed by atoms with E-state index in [9.17, 15) is 0 Å². The second kappa shape index (κ2) is 8.38. The SMILES string of the molecule is CCCNC(/C1=C/CCCCCC1)c1cc(C)cc(C)c1. The monoisotopic (exact) mass is 285 g/mol. The molecule has 1 N–H and O–H groups in total. The summed E-state index contributed by atoms with van der Waals surface area (Å²) in [6, 6.07) is 7.41. The summed E-state index contributed by atoms with van der Waals surface area (Å²) >= 11 is 0. The highest BCUT2D eigenvalue weighted by atomic mass is 14.9. The highest BCUT2D eigenvalue weighted by Gasteiger charge is 2.17. The van der Waals surface area contributed by atoms with Crippen LogP contribution in [0.4, 0.5) is 0 Å². The molecule has 1 heteroatoms. The van der Waals surface area contributed by atoms with E-state index in [-0.39, 0.29) is 0 Å². The quantitative estimate of drug-likeness (QED) is 0.692. The molecule has 116 valence electrons. The van der Waals surface area contributed by atoms with Gasteiger partial charge < -0.3 is 5.32 Å². The molecule has 0 saturated carbocycles. The molecule has 1 unspecified atom stereocenters. The highest BCUT2D eigenvalue weighted by Crippen LogP contribution is 2.30. The van der Waals surface area contributed by atoms with Crippen LogP contribution < -0.4 is 5.32 Å². The van der Waals surface area contributed by atoms with Gasteiger partial charge in [0.25, 0.3) is 0 Å². The summed E-state index contributed by atoms with van der Waals surface area (Å²) < 4.78 is 0. The Bertz CT molecular complexity index is 452. The lowest BCUT2D eigenvalue weighted by atomic mass is 9.89. The summed E-state index contributed by atoms with van der Waals surface area (Å²) in [6.45, 7) is 7.76. The maximum absolute atomic E-state index is 3.79. The fraction of sp³-hybridized carbons (Fsp3) is 0.600. The van der Waals surface area contributed by atoms with E-state index in [0.717, 1.165) is 6.54 Å². The van der Waals surface area contributed by atoms with Gasteiger partial charge >= 0.3 is 0 Å². The van der Waals surface area contributed by atoms with Gasteiger partial charge in [0.1, 0.15) is 0 Å². The third-order valence-corrected chi connectivity index (χ3v) is 4.37. The Morgan fingerprint density at radius 3 is 2.43 bits per heavy atom. The topological polar surface area (TPSA) is 12.0 Å². The molecule has 0 radical (unpaired) electrons. The number of allylic oxidation sites excluding steroid dienone is 1. The summed E-state index contributed by atoms with van der Waals surface area (Å²) in [5.41, 5.74) is 5.82. The number of nitrogens with one attached hydrogen (secondary N) is 1. The van der Waals surface area contributed by atoms with Crippen molar-refractivity contribution in [2.24, 2.45) is 0 Å². The Morgan fingerprint density at radius 1 is 1.00 bits per heavy atom. The van der Waals surface area contributed by atoms with Gasteiger partial charge in [-0.3, -0.25) is 0 Å². The number of benzene rings is 1. The molecule has 0 amide bonds. The largest absolute Gasteiger partial charge is 0.307 e. The normalized spacial score (nSPS) is 20.2. The van der Waals surface area contributed by atoms with Crippen molar-refractivity contribution in [1.82, 2.24) is 5.32 Å². The Hall–Kier alpha value is -1.08. The van der Waals surface area contributed by atoms with Crippen molar-refractivity contribution >= 4 is 0 Å². The van der Waals surface area contributed by atoms with Crippen LogP contribution in [0.25, 0.3) is 0 Å².